The molecular weight excluding hydrogens is 224 g/mol. The quantitative estimate of drug-likeness (QED) is 0.818. The Kier molecular flexibility index (Phi) is 3.69. The monoisotopic (exact) mass is 247 g/mol. The number of fused-ring (bicyclic) bond motifs is 1. The third kappa shape index (κ3) is 2.40. The van der Waals surface area contributed by atoms with E-state index >= 15 is 0 Å². The molecule has 0 aliphatic heterocycles. The maximum atomic E-state index is 11.8. The van der Waals surface area contributed by atoms with Gasteiger partial charge in [-0.25, -0.2) is 0 Å². The highest BCUT2D eigenvalue weighted by molar-refractivity contribution is 5.92. The van der Waals surface area contributed by atoms with Crippen LogP contribution in [0.3, 0.4) is 0 Å². The fourth-order valence-corrected chi connectivity index (χ4v) is 2.53. The minimum absolute atomic E-state index is 0.0273. The number of anilines is 1. The highest BCUT2D eigenvalue weighted by atomic mass is 16.1. The van der Waals surface area contributed by atoms with Crippen LogP contribution >= 0.6 is 0 Å². The fourth-order valence-electron chi connectivity index (χ4n) is 2.53. The number of hydrogen-bond donors (Lipinski definition) is 1. The second kappa shape index (κ2) is 5.09. The Morgan fingerprint density at radius 3 is 2.61 bits per heavy atom. The summed E-state index contributed by atoms with van der Waals surface area (Å²) in [6.45, 7) is 8.25. The highest BCUT2D eigenvalue weighted by Gasteiger charge is 2.27. The highest BCUT2D eigenvalue weighted by Crippen LogP contribution is 2.27. The predicted octanol–water partition coefficient (Wildman–Crippen LogP) is 2.64. The van der Waals surface area contributed by atoms with Crippen molar-refractivity contribution in [1.82, 2.24) is 0 Å². The molecule has 18 heavy (non-hydrogen) atoms. The molecule has 0 aromatic carbocycles. The van der Waals surface area contributed by atoms with Crippen LogP contribution in [0.15, 0.2) is 12.3 Å². The molecule has 0 saturated heterocycles. The molecule has 1 N–H and O–H groups in total. The van der Waals surface area contributed by atoms with Crippen molar-refractivity contribution in [3.63, 3.8) is 0 Å². The average molecular weight is 247 g/mol. The summed E-state index contributed by atoms with van der Waals surface area (Å²) in [7, 11) is 0. The van der Waals surface area contributed by atoms with Gasteiger partial charge in [0.05, 0.1) is 5.69 Å². The van der Waals surface area contributed by atoms with Crippen molar-refractivity contribution in [2.24, 2.45) is 5.92 Å². The zero-order chi connectivity index (χ0) is 13.3. The molecule has 1 amide bonds. The second-order valence-electron chi connectivity index (χ2n) is 5.65. The molecule has 1 aromatic rings. The molecule has 0 radical (unpaired) electrons. The lowest BCUT2D eigenvalue weighted by atomic mass is 10.1. The number of carbonyl (C=O) groups excluding carboxylic acids is 1. The first kappa shape index (κ1) is 13.1. The normalized spacial score (nSPS) is 14.1. The molecule has 2 rings (SSSR count). The number of amides is 1. The number of hydrogen-bond acceptors (Lipinski definition) is 1. The van der Waals surface area contributed by atoms with Gasteiger partial charge in [-0.15, -0.1) is 0 Å². The average Bonchev–Trinajstić information content (AvgIpc) is 2.77. The van der Waals surface area contributed by atoms with Gasteiger partial charge in [-0.2, -0.15) is 4.57 Å². The van der Waals surface area contributed by atoms with Crippen LogP contribution in [0.25, 0.3) is 0 Å². The summed E-state index contributed by atoms with van der Waals surface area (Å²) in [5, 5.41) is 3.06. The van der Waals surface area contributed by atoms with Gasteiger partial charge in [0.25, 0.3) is 0 Å². The summed E-state index contributed by atoms with van der Waals surface area (Å²) < 4.78 is 2.33. The smallest absolute Gasteiger partial charge is 0.226 e. The summed E-state index contributed by atoms with van der Waals surface area (Å²) in [4.78, 5) is 11.8. The van der Waals surface area contributed by atoms with Crippen LogP contribution in [0, 0.1) is 5.92 Å². The molecule has 3 nitrogen and oxygen atoms in total. The van der Waals surface area contributed by atoms with Gasteiger partial charge >= 0.3 is 0 Å². The van der Waals surface area contributed by atoms with Crippen molar-refractivity contribution in [2.75, 3.05) is 5.32 Å². The van der Waals surface area contributed by atoms with Crippen molar-refractivity contribution in [3.05, 3.63) is 23.5 Å². The van der Waals surface area contributed by atoms with Crippen LogP contribution in [0.1, 0.15) is 51.4 Å². The van der Waals surface area contributed by atoms with Crippen LogP contribution in [0.2, 0.25) is 0 Å². The Balaban J connectivity index is 2.34. The largest absolute Gasteiger partial charge is 0.325 e. The van der Waals surface area contributed by atoms with Crippen LogP contribution in [0.4, 0.5) is 5.69 Å². The maximum Gasteiger partial charge on any atom is 0.226 e. The van der Waals surface area contributed by atoms with Crippen molar-refractivity contribution in [1.29, 1.82) is 0 Å². The van der Waals surface area contributed by atoms with Gasteiger partial charge in [-0.3, -0.25) is 4.79 Å². The van der Waals surface area contributed by atoms with Crippen molar-refractivity contribution in [2.45, 2.75) is 53.0 Å². The van der Waals surface area contributed by atoms with Crippen LogP contribution < -0.4 is 9.88 Å². The molecule has 0 spiro atoms. The Hall–Kier alpha value is -1.38. The van der Waals surface area contributed by atoms with E-state index in [1.807, 2.05) is 19.9 Å². The molecule has 1 aliphatic rings. The van der Waals surface area contributed by atoms with E-state index < -0.39 is 0 Å². The van der Waals surface area contributed by atoms with Gasteiger partial charge in [0, 0.05) is 24.0 Å². The summed E-state index contributed by atoms with van der Waals surface area (Å²) in [5.74, 6) is 0.130. The lowest BCUT2D eigenvalue weighted by Crippen LogP contribution is -2.40. The zero-order valence-electron chi connectivity index (χ0n) is 11.8. The lowest BCUT2D eigenvalue weighted by Gasteiger charge is -2.12. The molecule has 3 heteroatoms. The molecule has 1 heterocycles. The standard InChI is InChI=1S/C15H22N2O/c1-10(2)15(18)16-13-8-9-17(11(3)4)14-7-5-6-12(13)14/h8-11H,5-7H2,1-4H3/p+1. The van der Waals surface area contributed by atoms with E-state index in [2.05, 4.69) is 29.9 Å². The van der Waals surface area contributed by atoms with Gasteiger partial charge in [-0.05, 0) is 26.7 Å². The first-order valence-electron chi connectivity index (χ1n) is 6.87. The number of aromatic nitrogens is 1. The minimum atomic E-state index is 0.0273. The van der Waals surface area contributed by atoms with E-state index in [1.165, 1.54) is 17.7 Å². The Morgan fingerprint density at radius 2 is 2.00 bits per heavy atom. The van der Waals surface area contributed by atoms with E-state index in [9.17, 15) is 4.79 Å². The number of nitrogens with zero attached hydrogens (tertiary/aromatic N) is 1. The molecule has 1 aromatic heterocycles. The molecule has 0 unspecified atom stereocenters. The summed E-state index contributed by atoms with van der Waals surface area (Å²) in [5.41, 5.74) is 3.74. The molecule has 0 fully saturated rings. The van der Waals surface area contributed by atoms with E-state index in [1.54, 1.807) is 0 Å². The first-order chi connectivity index (χ1) is 8.50. The summed E-state index contributed by atoms with van der Waals surface area (Å²) >= 11 is 0. The van der Waals surface area contributed by atoms with Crippen molar-refractivity contribution < 1.29 is 9.36 Å². The number of carbonyl (C=O) groups is 1. The maximum absolute atomic E-state index is 11.8. The van der Waals surface area contributed by atoms with E-state index in [4.69, 9.17) is 0 Å². The molecule has 98 valence electrons. The topological polar surface area (TPSA) is 33.0 Å². The summed E-state index contributed by atoms with van der Waals surface area (Å²) in [6, 6.07) is 2.52. The molecular formula is C15H23N2O+. The molecule has 0 atom stereocenters. The van der Waals surface area contributed by atoms with Gasteiger partial charge < -0.3 is 5.32 Å². The predicted molar refractivity (Wildman–Crippen MR) is 72.5 cm³/mol. The van der Waals surface area contributed by atoms with Crippen LogP contribution in [0.5, 0.6) is 0 Å². The minimum Gasteiger partial charge on any atom is -0.325 e. The Labute approximate surface area is 109 Å². The molecule has 1 aliphatic carbocycles. The number of rotatable bonds is 3. The zero-order valence-corrected chi connectivity index (χ0v) is 11.8. The summed E-state index contributed by atoms with van der Waals surface area (Å²) in [6.07, 6.45) is 5.50. The van der Waals surface area contributed by atoms with Crippen molar-refractivity contribution >= 4 is 11.6 Å². The third-order valence-electron chi connectivity index (χ3n) is 3.57. The fraction of sp³-hybridized carbons (Fsp3) is 0.600. The van der Waals surface area contributed by atoms with Gasteiger partial charge in [-0.1, -0.05) is 13.8 Å². The van der Waals surface area contributed by atoms with Crippen LogP contribution in [-0.2, 0) is 17.6 Å². The molecule has 0 bridgehead atoms. The molecule has 0 saturated carbocycles. The Bertz CT molecular complexity index is 464. The SMILES string of the molecule is CC(C)C(=O)Nc1cc[n+](C(C)C)c2c1CCC2. The van der Waals surface area contributed by atoms with Gasteiger partial charge in [0.1, 0.15) is 0 Å². The lowest BCUT2D eigenvalue weighted by molar-refractivity contribution is -0.722. The van der Waals surface area contributed by atoms with Gasteiger partial charge in [0.15, 0.2) is 17.9 Å². The number of pyridine rings is 1. The van der Waals surface area contributed by atoms with E-state index in [-0.39, 0.29) is 11.8 Å². The van der Waals surface area contributed by atoms with Crippen molar-refractivity contribution in [3.8, 4) is 0 Å². The second-order valence-corrected chi connectivity index (χ2v) is 5.65. The van der Waals surface area contributed by atoms with E-state index in [0.29, 0.717) is 6.04 Å². The van der Waals surface area contributed by atoms with Gasteiger partial charge in [0.2, 0.25) is 5.91 Å². The van der Waals surface area contributed by atoms with Crippen LogP contribution in [-0.4, -0.2) is 5.91 Å². The Morgan fingerprint density at radius 1 is 1.28 bits per heavy atom. The van der Waals surface area contributed by atoms with E-state index in [0.717, 1.165) is 18.5 Å². The first-order valence-corrected chi connectivity index (χ1v) is 6.87. The number of nitrogens with one attached hydrogen (secondary N) is 1. The third-order valence-corrected chi connectivity index (χ3v) is 3.57.